The van der Waals surface area contributed by atoms with Gasteiger partial charge in [-0.3, -0.25) is 4.79 Å². The minimum absolute atomic E-state index is 0.307. The van der Waals surface area contributed by atoms with E-state index < -0.39 is 12.0 Å². The van der Waals surface area contributed by atoms with E-state index in [0.29, 0.717) is 6.42 Å². The first-order valence-electron chi connectivity index (χ1n) is 5.05. The number of carboxylic acids is 1. The quantitative estimate of drug-likeness (QED) is 0.800. The van der Waals surface area contributed by atoms with Crippen molar-refractivity contribution in [2.75, 3.05) is 0 Å². The molecule has 2 N–H and O–H groups in total. The summed E-state index contributed by atoms with van der Waals surface area (Å²) >= 11 is 0. The molecular weight excluding hydrogens is 206 g/mol. The molecule has 0 fully saturated rings. The SMILES string of the molecule is CC(=O)N[C@H](Cc1ccccc1C)C(=O)O. The molecule has 0 unspecified atom stereocenters. The van der Waals surface area contributed by atoms with Crippen LogP contribution in [0.15, 0.2) is 24.3 Å². The zero-order valence-electron chi connectivity index (χ0n) is 9.36. The number of carboxylic acid groups (broad SMARTS) is 1. The van der Waals surface area contributed by atoms with Crippen LogP contribution in [0, 0.1) is 6.92 Å². The van der Waals surface area contributed by atoms with Crippen molar-refractivity contribution in [1.82, 2.24) is 5.32 Å². The van der Waals surface area contributed by atoms with Crippen molar-refractivity contribution >= 4 is 11.9 Å². The standard InChI is InChI=1S/C12H15NO3/c1-8-5-3-4-6-10(8)7-11(12(15)16)13-9(2)14/h3-6,11H,7H2,1-2H3,(H,13,14)(H,15,16)/t11-/m1/s1. The molecule has 16 heavy (non-hydrogen) atoms. The molecular formula is C12H15NO3. The third kappa shape index (κ3) is 3.38. The molecule has 0 saturated carbocycles. The van der Waals surface area contributed by atoms with E-state index in [0.717, 1.165) is 11.1 Å². The number of amides is 1. The van der Waals surface area contributed by atoms with Crippen molar-refractivity contribution in [3.63, 3.8) is 0 Å². The minimum Gasteiger partial charge on any atom is -0.480 e. The number of aryl methyl sites for hydroxylation is 1. The van der Waals surface area contributed by atoms with E-state index >= 15 is 0 Å². The third-order valence-electron chi connectivity index (χ3n) is 2.36. The van der Waals surface area contributed by atoms with Gasteiger partial charge in [0.05, 0.1) is 0 Å². The van der Waals surface area contributed by atoms with Crippen LogP contribution < -0.4 is 5.32 Å². The average Bonchev–Trinajstić information content (AvgIpc) is 2.19. The second kappa shape index (κ2) is 5.30. The number of benzene rings is 1. The fourth-order valence-corrected chi connectivity index (χ4v) is 1.50. The predicted octanol–water partition coefficient (Wildman–Crippen LogP) is 1.13. The van der Waals surface area contributed by atoms with Crippen LogP contribution in [0.1, 0.15) is 18.1 Å². The van der Waals surface area contributed by atoms with Gasteiger partial charge in [-0.2, -0.15) is 0 Å². The molecule has 1 aromatic carbocycles. The van der Waals surface area contributed by atoms with Crippen molar-refractivity contribution in [3.05, 3.63) is 35.4 Å². The highest BCUT2D eigenvalue weighted by Crippen LogP contribution is 2.09. The van der Waals surface area contributed by atoms with Gasteiger partial charge in [-0.15, -0.1) is 0 Å². The minimum atomic E-state index is -1.02. The van der Waals surface area contributed by atoms with E-state index in [-0.39, 0.29) is 5.91 Å². The second-order valence-corrected chi connectivity index (χ2v) is 3.72. The lowest BCUT2D eigenvalue weighted by atomic mass is 10.0. The van der Waals surface area contributed by atoms with Crippen molar-refractivity contribution in [1.29, 1.82) is 0 Å². The predicted molar refractivity (Wildman–Crippen MR) is 60.1 cm³/mol. The third-order valence-corrected chi connectivity index (χ3v) is 2.36. The largest absolute Gasteiger partial charge is 0.480 e. The lowest BCUT2D eigenvalue weighted by Gasteiger charge is -2.14. The summed E-state index contributed by atoms with van der Waals surface area (Å²) in [6.45, 7) is 3.23. The molecule has 0 aliphatic carbocycles. The van der Waals surface area contributed by atoms with E-state index in [1.807, 2.05) is 31.2 Å². The molecule has 0 saturated heterocycles. The van der Waals surface area contributed by atoms with E-state index in [9.17, 15) is 9.59 Å². The molecule has 1 rings (SSSR count). The molecule has 0 heterocycles. The molecule has 1 aromatic rings. The van der Waals surface area contributed by atoms with Gasteiger partial charge in [-0.25, -0.2) is 4.79 Å². The Balaban J connectivity index is 2.80. The fraction of sp³-hybridized carbons (Fsp3) is 0.333. The molecule has 1 atom stereocenters. The van der Waals surface area contributed by atoms with Gasteiger partial charge in [0.2, 0.25) is 5.91 Å². The molecule has 0 aromatic heterocycles. The topological polar surface area (TPSA) is 66.4 Å². The lowest BCUT2D eigenvalue weighted by molar-refractivity contribution is -0.141. The Hall–Kier alpha value is -1.84. The summed E-state index contributed by atoms with van der Waals surface area (Å²) in [6.07, 6.45) is 0.307. The molecule has 4 nitrogen and oxygen atoms in total. The Kier molecular flexibility index (Phi) is 4.05. The number of nitrogens with one attached hydrogen (secondary N) is 1. The molecule has 1 amide bonds. The van der Waals surface area contributed by atoms with Crippen molar-refractivity contribution in [2.45, 2.75) is 26.3 Å². The summed E-state index contributed by atoms with van der Waals surface area (Å²) in [6, 6.07) is 6.68. The van der Waals surface area contributed by atoms with Crippen LogP contribution in [0.3, 0.4) is 0 Å². The van der Waals surface area contributed by atoms with E-state index in [1.54, 1.807) is 0 Å². The number of hydrogen-bond donors (Lipinski definition) is 2. The average molecular weight is 221 g/mol. The number of hydrogen-bond acceptors (Lipinski definition) is 2. The molecule has 0 spiro atoms. The van der Waals surface area contributed by atoms with Crippen LogP contribution in [0.25, 0.3) is 0 Å². The van der Waals surface area contributed by atoms with Gasteiger partial charge in [0.25, 0.3) is 0 Å². The first kappa shape index (κ1) is 12.2. The maximum absolute atomic E-state index is 10.9. The maximum Gasteiger partial charge on any atom is 0.326 e. The van der Waals surface area contributed by atoms with E-state index in [4.69, 9.17) is 5.11 Å². The van der Waals surface area contributed by atoms with Gasteiger partial charge in [0, 0.05) is 13.3 Å². The van der Waals surface area contributed by atoms with Gasteiger partial charge in [0.15, 0.2) is 0 Å². The van der Waals surface area contributed by atoms with Crippen molar-refractivity contribution < 1.29 is 14.7 Å². The Bertz CT molecular complexity index is 401. The van der Waals surface area contributed by atoms with Crippen LogP contribution in [0.4, 0.5) is 0 Å². The molecule has 4 heteroatoms. The van der Waals surface area contributed by atoms with Gasteiger partial charge in [-0.1, -0.05) is 24.3 Å². The highest BCUT2D eigenvalue weighted by molar-refractivity contribution is 5.82. The molecule has 0 aliphatic heterocycles. The number of rotatable bonds is 4. The molecule has 0 aliphatic rings. The number of aliphatic carboxylic acids is 1. The van der Waals surface area contributed by atoms with Crippen molar-refractivity contribution in [2.24, 2.45) is 0 Å². The normalized spacial score (nSPS) is 11.9. The van der Waals surface area contributed by atoms with Crippen LogP contribution in [0.5, 0.6) is 0 Å². The van der Waals surface area contributed by atoms with Gasteiger partial charge >= 0.3 is 5.97 Å². The monoisotopic (exact) mass is 221 g/mol. The van der Waals surface area contributed by atoms with Gasteiger partial charge < -0.3 is 10.4 Å². The summed E-state index contributed by atoms with van der Waals surface area (Å²) in [4.78, 5) is 21.8. The first-order chi connectivity index (χ1) is 7.50. The molecule has 86 valence electrons. The Morgan fingerprint density at radius 2 is 2.00 bits per heavy atom. The van der Waals surface area contributed by atoms with Crippen molar-refractivity contribution in [3.8, 4) is 0 Å². The number of carbonyl (C=O) groups is 2. The summed E-state index contributed by atoms with van der Waals surface area (Å²) in [7, 11) is 0. The van der Waals surface area contributed by atoms with Crippen LogP contribution >= 0.6 is 0 Å². The summed E-state index contributed by atoms with van der Waals surface area (Å²) in [5, 5.41) is 11.4. The molecule has 0 radical (unpaired) electrons. The summed E-state index contributed by atoms with van der Waals surface area (Å²) in [5.74, 6) is -1.35. The highest BCUT2D eigenvalue weighted by atomic mass is 16.4. The zero-order chi connectivity index (χ0) is 12.1. The fourth-order valence-electron chi connectivity index (χ4n) is 1.50. The van der Waals surface area contributed by atoms with Gasteiger partial charge in [0.1, 0.15) is 6.04 Å². The summed E-state index contributed by atoms with van der Waals surface area (Å²) < 4.78 is 0. The van der Waals surface area contributed by atoms with Gasteiger partial charge in [-0.05, 0) is 18.1 Å². The zero-order valence-corrected chi connectivity index (χ0v) is 9.36. The Labute approximate surface area is 94.3 Å². The number of carbonyl (C=O) groups excluding carboxylic acids is 1. The second-order valence-electron chi connectivity index (χ2n) is 3.72. The van der Waals surface area contributed by atoms with E-state index in [1.165, 1.54) is 6.92 Å². The maximum atomic E-state index is 10.9. The Morgan fingerprint density at radius 3 is 2.50 bits per heavy atom. The Morgan fingerprint density at radius 1 is 1.38 bits per heavy atom. The molecule has 0 bridgehead atoms. The first-order valence-corrected chi connectivity index (χ1v) is 5.05. The van der Waals surface area contributed by atoms with Crippen LogP contribution in [0.2, 0.25) is 0 Å². The summed E-state index contributed by atoms with van der Waals surface area (Å²) in [5.41, 5.74) is 1.96. The van der Waals surface area contributed by atoms with Crippen LogP contribution in [-0.4, -0.2) is 23.0 Å². The smallest absolute Gasteiger partial charge is 0.326 e. The highest BCUT2D eigenvalue weighted by Gasteiger charge is 2.19. The lowest BCUT2D eigenvalue weighted by Crippen LogP contribution is -2.41. The van der Waals surface area contributed by atoms with E-state index in [2.05, 4.69) is 5.32 Å². The van der Waals surface area contributed by atoms with Crippen LogP contribution in [-0.2, 0) is 16.0 Å².